The summed E-state index contributed by atoms with van der Waals surface area (Å²) in [5, 5.41) is 7.41. The standard InChI is InChI=1S/C13H23N5/c1-11(10-18-9-5-8-15-18)16-13(14)17-12-6-3-2-4-7-12/h5,8-9,11-12H,2-4,6-7,10H2,1H3,(H3,14,16,17). The molecule has 2 rings (SSSR count). The van der Waals surface area contributed by atoms with Crippen molar-refractivity contribution in [2.24, 2.45) is 10.7 Å². The van der Waals surface area contributed by atoms with E-state index in [1.807, 2.05) is 16.9 Å². The number of rotatable bonds is 4. The molecule has 1 aromatic heterocycles. The van der Waals surface area contributed by atoms with E-state index in [1.54, 1.807) is 6.20 Å². The molecule has 0 spiro atoms. The molecule has 1 unspecified atom stereocenters. The average molecular weight is 249 g/mol. The summed E-state index contributed by atoms with van der Waals surface area (Å²) in [6.45, 7) is 2.89. The maximum atomic E-state index is 5.94. The first kappa shape index (κ1) is 12.9. The van der Waals surface area contributed by atoms with E-state index in [-0.39, 0.29) is 6.04 Å². The first-order valence-corrected chi connectivity index (χ1v) is 6.81. The molecule has 1 saturated carbocycles. The van der Waals surface area contributed by atoms with Crippen LogP contribution < -0.4 is 11.1 Å². The molecule has 0 aliphatic heterocycles. The third-order valence-corrected chi connectivity index (χ3v) is 3.31. The third kappa shape index (κ3) is 4.05. The lowest BCUT2D eigenvalue weighted by Crippen LogP contribution is -2.41. The van der Waals surface area contributed by atoms with Gasteiger partial charge in [0.05, 0.1) is 12.6 Å². The lowest BCUT2D eigenvalue weighted by atomic mass is 9.96. The number of nitrogens with one attached hydrogen (secondary N) is 1. The molecule has 1 heterocycles. The zero-order chi connectivity index (χ0) is 12.8. The summed E-state index contributed by atoms with van der Waals surface area (Å²) in [7, 11) is 0. The van der Waals surface area contributed by atoms with Gasteiger partial charge in [-0.3, -0.25) is 9.67 Å². The third-order valence-electron chi connectivity index (χ3n) is 3.31. The van der Waals surface area contributed by atoms with Gasteiger partial charge in [0.25, 0.3) is 0 Å². The first-order valence-electron chi connectivity index (χ1n) is 6.81. The number of hydrogen-bond acceptors (Lipinski definition) is 2. The Bertz CT molecular complexity index is 365. The topological polar surface area (TPSA) is 68.2 Å². The highest BCUT2D eigenvalue weighted by atomic mass is 15.3. The smallest absolute Gasteiger partial charge is 0.189 e. The van der Waals surface area contributed by atoms with Gasteiger partial charge in [0.15, 0.2) is 5.96 Å². The summed E-state index contributed by atoms with van der Waals surface area (Å²) in [4.78, 5) is 4.56. The lowest BCUT2D eigenvalue weighted by molar-refractivity contribution is 0.439. The largest absolute Gasteiger partial charge is 0.370 e. The Labute approximate surface area is 108 Å². The van der Waals surface area contributed by atoms with Crippen LogP contribution in [0.2, 0.25) is 0 Å². The minimum absolute atomic E-state index is 0.234. The summed E-state index contributed by atoms with van der Waals surface area (Å²) < 4.78 is 1.89. The van der Waals surface area contributed by atoms with Gasteiger partial charge in [0.1, 0.15) is 0 Å². The highest BCUT2D eigenvalue weighted by Gasteiger charge is 2.13. The minimum Gasteiger partial charge on any atom is -0.370 e. The van der Waals surface area contributed by atoms with Gasteiger partial charge in [-0.2, -0.15) is 5.10 Å². The van der Waals surface area contributed by atoms with Crippen LogP contribution in [0.1, 0.15) is 39.0 Å². The molecule has 100 valence electrons. The van der Waals surface area contributed by atoms with E-state index in [2.05, 4.69) is 22.3 Å². The Hall–Kier alpha value is -1.52. The fraction of sp³-hybridized carbons (Fsp3) is 0.692. The Morgan fingerprint density at radius 1 is 1.50 bits per heavy atom. The van der Waals surface area contributed by atoms with Crippen molar-refractivity contribution in [2.75, 3.05) is 0 Å². The van der Waals surface area contributed by atoms with Gasteiger partial charge in [-0.15, -0.1) is 0 Å². The molecule has 1 aromatic rings. The molecule has 5 nitrogen and oxygen atoms in total. The van der Waals surface area contributed by atoms with E-state index < -0.39 is 0 Å². The lowest BCUT2D eigenvalue weighted by Gasteiger charge is -2.20. The summed E-state index contributed by atoms with van der Waals surface area (Å²) in [6, 6.07) is 2.58. The van der Waals surface area contributed by atoms with Crippen LogP contribution >= 0.6 is 0 Å². The van der Waals surface area contributed by atoms with Gasteiger partial charge >= 0.3 is 0 Å². The minimum atomic E-state index is 0.234. The highest BCUT2D eigenvalue weighted by molar-refractivity contribution is 5.78. The molecule has 3 N–H and O–H groups in total. The number of aromatic nitrogens is 2. The van der Waals surface area contributed by atoms with Gasteiger partial charge in [0, 0.05) is 18.4 Å². The molecule has 18 heavy (non-hydrogen) atoms. The van der Waals surface area contributed by atoms with E-state index in [4.69, 9.17) is 5.73 Å². The number of hydrogen-bond donors (Lipinski definition) is 2. The molecular formula is C13H23N5. The summed E-state index contributed by atoms with van der Waals surface area (Å²) >= 11 is 0. The number of guanidine groups is 1. The van der Waals surface area contributed by atoms with Crippen molar-refractivity contribution in [3.63, 3.8) is 0 Å². The Morgan fingerprint density at radius 3 is 2.94 bits per heavy atom. The van der Waals surface area contributed by atoms with Crippen LogP contribution in [0.3, 0.4) is 0 Å². The van der Waals surface area contributed by atoms with Crippen molar-refractivity contribution < 1.29 is 0 Å². The number of nitrogens with two attached hydrogens (primary N) is 1. The Balaban J connectivity index is 1.78. The highest BCUT2D eigenvalue weighted by Crippen LogP contribution is 2.19. The van der Waals surface area contributed by atoms with Crippen molar-refractivity contribution in [3.05, 3.63) is 18.5 Å². The molecule has 1 aliphatic carbocycles. The maximum Gasteiger partial charge on any atom is 0.189 e. The van der Waals surface area contributed by atoms with Gasteiger partial charge in [0.2, 0.25) is 0 Å². The molecule has 0 saturated heterocycles. The van der Waals surface area contributed by atoms with Crippen LogP contribution in [-0.4, -0.2) is 27.8 Å². The molecule has 0 radical (unpaired) electrons. The molecule has 0 amide bonds. The summed E-state index contributed by atoms with van der Waals surface area (Å²) in [5.41, 5.74) is 5.94. The molecule has 1 atom stereocenters. The van der Waals surface area contributed by atoms with Crippen LogP contribution in [0.4, 0.5) is 0 Å². The second-order valence-corrected chi connectivity index (χ2v) is 5.08. The number of nitrogens with zero attached hydrogens (tertiary/aromatic N) is 3. The zero-order valence-electron chi connectivity index (χ0n) is 11.0. The van der Waals surface area contributed by atoms with Crippen molar-refractivity contribution >= 4 is 5.96 Å². The van der Waals surface area contributed by atoms with Gasteiger partial charge < -0.3 is 11.1 Å². The van der Waals surface area contributed by atoms with Crippen molar-refractivity contribution in [2.45, 2.75) is 57.7 Å². The van der Waals surface area contributed by atoms with E-state index in [1.165, 1.54) is 32.1 Å². The van der Waals surface area contributed by atoms with E-state index in [0.29, 0.717) is 12.0 Å². The summed E-state index contributed by atoms with van der Waals surface area (Å²) in [6.07, 6.45) is 9.99. The van der Waals surface area contributed by atoms with Gasteiger partial charge in [-0.25, -0.2) is 0 Å². The fourth-order valence-corrected chi connectivity index (χ4v) is 2.43. The van der Waals surface area contributed by atoms with Crippen LogP contribution in [0, 0.1) is 0 Å². The molecular weight excluding hydrogens is 226 g/mol. The predicted octanol–water partition coefficient (Wildman–Crippen LogP) is 1.51. The second-order valence-electron chi connectivity index (χ2n) is 5.08. The average Bonchev–Trinajstić information content (AvgIpc) is 2.82. The van der Waals surface area contributed by atoms with E-state index >= 15 is 0 Å². The fourth-order valence-electron chi connectivity index (χ4n) is 2.43. The van der Waals surface area contributed by atoms with Crippen LogP contribution in [0.5, 0.6) is 0 Å². The van der Waals surface area contributed by atoms with Crippen LogP contribution in [-0.2, 0) is 6.54 Å². The SMILES string of the molecule is CC(Cn1cccn1)NC(N)=NC1CCCCC1. The van der Waals surface area contributed by atoms with Crippen molar-refractivity contribution in [1.29, 1.82) is 0 Å². The Morgan fingerprint density at radius 2 is 2.28 bits per heavy atom. The van der Waals surface area contributed by atoms with Gasteiger partial charge in [-0.05, 0) is 25.8 Å². The van der Waals surface area contributed by atoms with Crippen LogP contribution in [0.15, 0.2) is 23.5 Å². The van der Waals surface area contributed by atoms with Crippen LogP contribution in [0.25, 0.3) is 0 Å². The quantitative estimate of drug-likeness (QED) is 0.628. The van der Waals surface area contributed by atoms with Crippen molar-refractivity contribution in [3.8, 4) is 0 Å². The Kier molecular flexibility index (Phi) is 4.61. The molecule has 1 fully saturated rings. The summed E-state index contributed by atoms with van der Waals surface area (Å²) in [5.74, 6) is 0.571. The zero-order valence-corrected chi connectivity index (χ0v) is 11.0. The molecule has 0 bridgehead atoms. The monoisotopic (exact) mass is 249 g/mol. The predicted molar refractivity (Wildman–Crippen MR) is 73.3 cm³/mol. The number of aliphatic imine (C=N–C) groups is 1. The molecule has 5 heteroatoms. The first-order chi connectivity index (χ1) is 8.74. The van der Waals surface area contributed by atoms with E-state index in [9.17, 15) is 0 Å². The molecule has 0 aromatic carbocycles. The normalized spacial score (nSPS) is 19.7. The molecule has 1 aliphatic rings. The second kappa shape index (κ2) is 6.42. The maximum absolute atomic E-state index is 5.94. The van der Waals surface area contributed by atoms with Crippen molar-refractivity contribution in [1.82, 2.24) is 15.1 Å². The van der Waals surface area contributed by atoms with Gasteiger partial charge in [-0.1, -0.05) is 19.3 Å². The van der Waals surface area contributed by atoms with E-state index in [0.717, 1.165) is 6.54 Å².